The van der Waals surface area contributed by atoms with Crippen LogP contribution in [-0.2, 0) is 16.6 Å². The van der Waals surface area contributed by atoms with Crippen LogP contribution in [0.5, 0.6) is 5.75 Å². The highest BCUT2D eigenvalue weighted by atomic mass is 32.2. The molecule has 3 rings (SSSR count). The smallest absolute Gasteiger partial charge is 0.232 e. The molecular formula is C18H18N2O3S. The maximum Gasteiger partial charge on any atom is 0.232 e. The third kappa shape index (κ3) is 4.02. The van der Waals surface area contributed by atoms with Crippen LogP contribution in [0.15, 0.2) is 60.7 Å². The molecule has 24 heavy (non-hydrogen) atoms. The fourth-order valence-corrected chi connectivity index (χ4v) is 2.88. The minimum absolute atomic E-state index is 0.0269. The molecule has 0 aliphatic heterocycles. The third-order valence-corrected chi connectivity index (χ3v) is 4.84. The lowest BCUT2D eigenvalue weighted by molar-refractivity contribution is 0.302. The number of hydrogen-bond acceptors (Lipinski definition) is 4. The van der Waals surface area contributed by atoms with Gasteiger partial charge in [-0.15, -0.1) is 0 Å². The number of ether oxygens (including phenoxy) is 1. The fourth-order valence-electron chi connectivity index (χ4n) is 2.25. The molecule has 2 aromatic carbocycles. The van der Waals surface area contributed by atoms with E-state index in [1.54, 1.807) is 31.2 Å². The van der Waals surface area contributed by atoms with Crippen LogP contribution in [0, 0.1) is 0 Å². The summed E-state index contributed by atoms with van der Waals surface area (Å²) in [7, 11) is -3.30. The molecule has 5 nitrogen and oxygen atoms in total. The van der Waals surface area contributed by atoms with Gasteiger partial charge in [0.1, 0.15) is 12.4 Å². The second-order valence-electron chi connectivity index (χ2n) is 5.32. The quantitative estimate of drug-likeness (QED) is 0.743. The molecule has 0 saturated carbocycles. The van der Waals surface area contributed by atoms with E-state index >= 15 is 0 Å². The van der Waals surface area contributed by atoms with Crippen molar-refractivity contribution in [3.8, 4) is 5.75 Å². The summed E-state index contributed by atoms with van der Waals surface area (Å²) < 4.78 is 31.5. The standard InChI is InChI=1S/C18H18N2O3S/c1-2-24(21,22)20-15-7-5-8-17(12-15)23-13-16-11-10-14-6-3-4-9-18(14)19-16/h3-12,20H,2,13H2,1H3. The van der Waals surface area contributed by atoms with Gasteiger partial charge >= 0.3 is 0 Å². The highest BCUT2D eigenvalue weighted by Gasteiger charge is 2.07. The number of sulfonamides is 1. The van der Waals surface area contributed by atoms with Gasteiger partial charge in [-0.2, -0.15) is 0 Å². The first kappa shape index (κ1) is 16.3. The summed E-state index contributed by atoms with van der Waals surface area (Å²) in [5.41, 5.74) is 2.22. The highest BCUT2D eigenvalue weighted by molar-refractivity contribution is 7.92. The van der Waals surface area contributed by atoms with Crippen LogP contribution in [0.4, 0.5) is 5.69 Å². The Hall–Kier alpha value is -2.60. The van der Waals surface area contributed by atoms with Crippen LogP contribution in [0.2, 0.25) is 0 Å². The molecule has 0 atom stereocenters. The van der Waals surface area contributed by atoms with Crippen LogP contribution >= 0.6 is 0 Å². The van der Waals surface area contributed by atoms with E-state index in [0.717, 1.165) is 16.6 Å². The van der Waals surface area contributed by atoms with Gasteiger partial charge in [0, 0.05) is 11.5 Å². The predicted octanol–water partition coefficient (Wildman–Crippen LogP) is 3.58. The van der Waals surface area contributed by atoms with Crippen molar-refractivity contribution in [3.63, 3.8) is 0 Å². The molecule has 0 unspecified atom stereocenters. The molecule has 1 N–H and O–H groups in total. The summed E-state index contributed by atoms with van der Waals surface area (Å²) in [6.07, 6.45) is 0. The number of para-hydroxylation sites is 1. The Labute approximate surface area is 141 Å². The zero-order chi connectivity index (χ0) is 17.0. The van der Waals surface area contributed by atoms with Crippen molar-refractivity contribution >= 4 is 26.6 Å². The predicted molar refractivity (Wildman–Crippen MR) is 95.6 cm³/mol. The molecule has 1 aromatic heterocycles. The van der Waals surface area contributed by atoms with Crippen molar-refractivity contribution in [2.24, 2.45) is 0 Å². The lowest BCUT2D eigenvalue weighted by Gasteiger charge is -2.10. The second kappa shape index (κ2) is 6.88. The molecule has 0 fully saturated rings. The average Bonchev–Trinajstić information content (AvgIpc) is 2.60. The van der Waals surface area contributed by atoms with Gasteiger partial charge in [0.15, 0.2) is 0 Å². The Bertz CT molecular complexity index is 955. The highest BCUT2D eigenvalue weighted by Crippen LogP contribution is 2.20. The summed E-state index contributed by atoms with van der Waals surface area (Å²) in [6, 6.07) is 18.7. The van der Waals surface area contributed by atoms with Gasteiger partial charge in [-0.25, -0.2) is 13.4 Å². The number of rotatable bonds is 6. The van der Waals surface area contributed by atoms with E-state index in [-0.39, 0.29) is 5.75 Å². The van der Waals surface area contributed by atoms with Crippen LogP contribution in [0.3, 0.4) is 0 Å². The van der Waals surface area contributed by atoms with Crippen LogP contribution < -0.4 is 9.46 Å². The molecule has 0 aliphatic carbocycles. The van der Waals surface area contributed by atoms with Crippen LogP contribution in [-0.4, -0.2) is 19.2 Å². The van der Waals surface area contributed by atoms with E-state index < -0.39 is 10.0 Å². The minimum atomic E-state index is -3.30. The van der Waals surface area contributed by atoms with Crippen molar-refractivity contribution in [1.29, 1.82) is 0 Å². The molecule has 0 radical (unpaired) electrons. The summed E-state index contributed by atoms with van der Waals surface area (Å²) in [5, 5.41) is 1.08. The maximum atomic E-state index is 11.6. The van der Waals surface area contributed by atoms with Crippen LogP contribution in [0.25, 0.3) is 10.9 Å². The second-order valence-corrected chi connectivity index (χ2v) is 7.33. The Morgan fingerprint density at radius 1 is 1.04 bits per heavy atom. The first-order chi connectivity index (χ1) is 11.6. The summed E-state index contributed by atoms with van der Waals surface area (Å²) >= 11 is 0. The summed E-state index contributed by atoms with van der Waals surface area (Å²) in [5.74, 6) is 0.611. The number of pyridine rings is 1. The monoisotopic (exact) mass is 342 g/mol. The van der Waals surface area contributed by atoms with Crippen molar-refractivity contribution in [2.45, 2.75) is 13.5 Å². The molecule has 0 amide bonds. The Kier molecular flexibility index (Phi) is 4.66. The van der Waals surface area contributed by atoms with Gasteiger partial charge in [0.25, 0.3) is 0 Å². The maximum absolute atomic E-state index is 11.6. The van der Waals surface area contributed by atoms with E-state index in [9.17, 15) is 8.42 Å². The Morgan fingerprint density at radius 2 is 1.88 bits per heavy atom. The summed E-state index contributed by atoms with van der Waals surface area (Å²) in [6.45, 7) is 1.91. The van der Waals surface area contributed by atoms with Gasteiger partial charge in [0.05, 0.1) is 22.7 Å². The van der Waals surface area contributed by atoms with Crippen molar-refractivity contribution < 1.29 is 13.2 Å². The van der Waals surface area contributed by atoms with Gasteiger partial charge in [0.2, 0.25) is 10.0 Å². The zero-order valence-electron chi connectivity index (χ0n) is 13.3. The first-order valence-corrected chi connectivity index (χ1v) is 9.29. The van der Waals surface area contributed by atoms with E-state index in [1.807, 2.05) is 36.4 Å². The molecule has 0 spiro atoms. The minimum Gasteiger partial charge on any atom is -0.487 e. The molecule has 124 valence electrons. The lowest BCUT2D eigenvalue weighted by Crippen LogP contribution is -2.14. The third-order valence-electron chi connectivity index (χ3n) is 3.53. The number of aromatic nitrogens is 1. The first-order valence-electron chi connectivity index (χ1n) is 7.64. The number of benzene rings is 2. The van der Waals surface area contributed by atoms with Gasteiger partial charge in [-0.1, -0.05) is 30.3 Å². The van der Waals surface area contributed by atoms with Crippen molar-refractivity contribution in [2.75, 3.05) is 10.5 Å². The molecule has 6 heteroatoms. The topological polar surface area (TPSA) is 68.3 Å². The van der Waals surface area contributed by atoms with Crippen LogP contribution in [0.1, 0.15) is 12.6 Å². The van der Waals surface area contributed by atoms with E-state index in [1.165, 1.54) is 0 Å². The average molecular weight is 342 g/mol. The summed E-state index contributed by atoms with van der Waals surface area (Å²) in [4.78, 5) is 4.55. The number of fused-ring (bicyclic) bond motifs is 1. The fraction of sp³-hybridized carbons (Fsp3) is 0.167. The molecule has 1 heterocycles. The Morgan fingerprint density at radius 3 is 2.71 bits per heavy atom. The number of nitrogens with zero attached hydrogens (tertiary/aromatic N) is 1. The largest absolute Gasteiger partial charge is 0.487 e. The zero-order valence-corrected chi connectivity index (χ0v) is 14.1. The SMILES string of the molecule is CCS(=O)(=O)Nc1cccc(OCc2ccc3ccccc3n2)c1. The number of anilines is 1. The van der Waals surface area contributed by atoms with Gasteiger partial charge < -0.3 is 4.74 Å². The van der Waals surface area contributed by atoms with Crippen molar-refractivity contribution in [3.05, 3.63) is 66.4 Å². The van der Waals surface area contributed by atoms with E-state index in [4.69, 9.17) is 4.74 Å². The molecule has 0 saturated heterocycles. The van der Waals surface area contributed by atoms with E-state index in [2.05, 4.69) is 9.71 Å². The molecule has 0 aliphatic rings. The van der Waals surface area contributed by atoms with Gasteiger partial charge in [-0.05, 0) is 31.2 Å². The van der Waals surface area contributed by atoms with E-state index in [0.29, 0.717) is 18.0 Å². The van der Waals surface area contributed by atoms with Crippen molar-refractivity contribution in [1.82, 2.24) is 4.98 Å². The lowest BCUT2D eigenvalue weighted by atomic mass is 10.2. The Balaban J connectivity index is 1.71. The molecular weight excluding hydrogens is 324 g/mol. The molecule has 0 bridgehead atoms. The van der Waals surface area contributed by atoms with Gasteiger partial charge in [-0.3, -0.25) is 4.72 Å². The number of nitrogens with one attached hydrogen (secondary N) is 1. The number of hydrogen-bond donors (Lipinski definition) is 1. The molecule has 3 aromatic rings. The normalized spacial score (nSPS) is 11.4.